The molecule has 0 spiro atoms. The highest BCUT2D eigenvalue weighted by molar-refractivity contribution is 7.86. The summed E-state index contributed by atoms with van der Waals surface area (Å²) in [6.07, 6.45) is 2.04. The molecule has 7 nitrogen and oxygen atoms in total. The molecule has 2 atom stereocenters. The molecule has 140 valence electrons. The van der Waals surface area contributed by atoms with E-state index in [2.05, 4.69) is 10.4 Å². The average molecular weight is 381 g/mol. The molecule has 1 aliphatic heterocycles. The SMILES string of the molecule is CC(C)n1nccc1[C@@H]1OCC[C@H]1NC(=O)c1ccc(S(=O)(=O)F)cc1. The fourth-order valence-electron chi connectivity index (χ4n) is 3.03. The lowest BCUT2D eigenvalue weighted by Crippen LogP contribution is -2.37. The van der Waals surface area contributed by atoms with Crippen molar-refractivity contribution in [3.05, 3.63) is 47.8 Å². The third kappa shape index (κ3) is 3.78. The lowest BCUT2D eigenvalue weighted by molar-refractivity contribution is 0.0783. The molecule has 0 radical (unpaired) electrons. The van der Waals surface area contributed by atoms with Gasteiger partial charge in [0, 0.05) is 24.4 Å². The molecule has 26 heavy (non-hydrogen) atoms. The van der Waals surface area contributed by atoms with Crippen molar-refractivity contribution < 1.29 is 21.8 Å². The predicted octanol–water partition coefficient (Wildman–Crippen LogP) is 2.38. The van der Waals surface area contributed by atoms with Crippen LogP contribution in [0, 0.1) is 0 Å². The second-order valence-electron chi connectivity index (χ2n) is 6.42. The van der Waals surface area contributed by atoms with E-state index in [1.165, 1.54) is 12.1 Å². The van der Waals surface area contributed by atoms with Gasteiger partial charge in [0.1, 0.15) is 6.10 Å². The van der Waals surface area contributed by atoms with E-state index in [9.17, 15) is 17.1 Å². The summed E-state index contributed by atoms with van der Waals surface area (Å²) in [7, 11) is -4.78. The van der Waals surface area contributed by atoms with Gasteiger partial charge in [-0.05, 0) is 50.6 Å². The maximum atomic E-state index is 12.9. The van der Waals surface area contributed by atoms with Gasteiger partial charge >= 0.3 is 10.2 Å². The van der Waals surface area contributed by atoms with Crippen LogP contribution in [0.15, 0.2) is 41.4 Å². The lowest BCUT2D eigenvalue weighted by atomic mass is 10.1. The minimum Gasteiger partial charge on any atom is -0.370 e. The van der Waals surface area contributed by atoms with Gasteiger partial charge in [0.15, 0.2) is 0 Å². The molecule has 1 fully saturated rings. The molecule has 1 aromatic heterocycles. The number of amides is 1. The topological polar surface area (TPSA) is 90.3 Å². The Bertz CT molecular complexity index is 893. The van der Waals surface area contributed by atoms with Crippen LogP contribution < -0.4 is 5.32 Å². The van der Waals surface area contributed by atoms with E-state index in [0.717, 1.165) is 17.8 Å². The summed E-state index contributed by atoms with van der Waals surface area (Å²) < 4.78 is 42.3. The first-order valence-electron chi connectivity index (χ1n) is 8.28. The van der Waals surface area contributed by atoms with Crippen molar-refractivity contribution in [2.24, 2.45) is 0 Å². The first kappa shape index (κ1) is 18.5. The number of ether oxygens (including phenoxy) is 1. The Morgan fingerprint density at radius 2 is 2.00 bits per heavy atom. The maximum Gasteiger partial charge on any atom is 0.332 e. The van der Waals surface area contributed by atoms with Crippen LogP contribution in [0.2, 0.25) is 0 Å². The van der Waals surface area contributed by atoms with Crippen LogP contribution in [0.3, 0.4) is 0 Å². The molecule has 0 bridgehead atoms. The zero-order valence-corrected chi connectivity index (χ0v) is 15.2. The molecule has 3 rings (SSSR count). The van der Waals surface area contributed by atoms with E-state index in [-0.39, 0.29) is 29.7 Å². The van der Waals surface area contributed by atoms with Gasteiger partial charge in [-0.15, -0.1) is 3.89 Å². The van der Waals surface area contributed by atoms with E-state index in [0.29, 0.717) is 13.0 Å². The first-order chi connectivity index (χ1) is 12.3. The Kier molecular flexibility index (Phi) is 5.10. The van der Waals surface area contributed by atoms with Crippen molar-refractivity contribution >= 4 is 16.1 Å². The molecule has 2 heterocycles. The van der Waals surface area contributed by atoms with E-state index >= 15 is 0 Å². The summed E-state index contributed by atoms with van der Waals surface area (Å²) in [5.74, 6) is -0.371. The van der Waals surface area contributed by atoms with Crippen molar-refractivity contribution in [3.63, 3.8) is 0 Å². The molecular formula is C17H20FN3O4S. The first-order valence-corrected chi connectivity index (χ1v) is 9.66. The number of nitrogens with one attached hydrogen (secondary N) is 1. The monoisotopic (exact) mass is 381 g/mol. The number of nitrogens with zero attached hydrogens (tertiary/aromatic N) is 2. The summed E-state index contributed by atoms with van der Waals surface area (Å²) in [4.78, 5) is 12.0. The fraction of sp³-hybridized carbons (Fsp3) is 0.412. The third-order valence-corrected chi connectivity index (χ3v) is 5.12. The zero-order valence-electron chi connectivity index (χ0n) is 14.4. The molecule has 0 saturated carbocycles. The standard InChI is InChI=1S/C17H20FN3O4S/c1-11(2)21-15(7-9-19-21)16-14(8-10-25-16)20-17(22)12-3-5-13(6-4-12)26(18,23)24/h3-7,9,11,14,16H,8,10H2,1-2H3,(H,20,22)/t14-,16-/m1/s1. The van der Waals surface area contributed by atoms with E-state index < -0.39 is 15.1 Å². The number of rotatable bonds is 5. The molecule has 1 aliphatic rings. The molecule has 0 aliphatic carbocycles. The van der Waals surface area contributed by atoms with Gasteiger partial charge in [-0.25, -0.2) is 0 Å². The number of benzene rings is 1. The molecule has 9 heteroatoms. The van der Waals surface area contributed by atoms with E-state index in [4.69, 9.17) is 4.74 Å². The van der Waals surface area contributed by atoms with Crippen LogP contribution in [0.4, 0.5) is 3.89 Å². The highest BCUT2D eigenvalue weighted by Crippen LogP contribution is 2.30. The van der Waals surface area contributed by atoms with E-state index in [1.807, 2.05) is 24.6 Å². The largest absolute Gasteiger partial charge is 0.370 e. The summed E-state index contributed by atoms with van der Waals surface area (Å²) in [6.45, 7) is 4.54. The Balaban J connectivity index is 1.75. The van der Waals surface area contributed by atoms with Crippen LogP contribution in [-0.2, 0) is 15.0 Å². The zero-order chi connectivity index (χ0) is 18.9. The normalized spacial score (nSPS) is 20.5. The average Bonchev–Trinajstić information content (AvgIpc) is 3.22. The van der Waals surface area contributed by atoms with Crippen LogP contribution in [0.1, 0.15) is 48.5 Å². The van der Waals surface area contributed by atoms with Gasteiger partial charge in [-0.2, -0.15) is 13.5 Å². The van der Waals surface area contributed by atoms with Crippen molar-refractivity contribution in [1.29, 1.82) is 0 Å². The molecule has 1 amide bonds. The second kappa shape index (κ2) is 7.16. The highest BCUT2D eigenvalue weighted by atomic mass is 32.3. The number of hydrogen-bond donors (Lipinski definition) is 1. The minimum atomic E-state index is -4.78. The highest BCUT2D eigenvalue weighted by Gasteiger charge is 2.33. The van der Waals surface area contributed by atoms with Crippen molar-refractivity contribution in [1.82, 2.24) is 15.1 Å². The van der Waals surface area contributed by atoms with E-state index in [1.54, 1.807) is 6.20 Å². The van der Waals surface area contributed by atoms with Crippen LogP contribution in [0.5, 0.6) is 0 Å². The second-order valence-corrected chi connectivity index (χ2v) is 7.76. The number of halogens is 1. The fourth-order valence-corrected chi connectivity index (χ4v) is 3.49. The van der Waals surface area contributed by atoms with Gasteiger partial charge in [0.25, 0.3) is 5.91 Å². The van der Waals surface area contributed by atoms with Crippen LogP contribution in [0.25, 0.3) is 0 Å². The third-order valence-electron chi connectivity index (χ3n) is 4.29. The van der Waals surface area contributed by atoms with Gasteiger partial charge < -0.3 is 10.1 Å². The van der Waals surface area contributed by atoms with Crippen LogP contribution >= 0.6 is 0 Å². The number of aromatic nitrogens is 2. The van der Waals surface area contributed by atoms with Gasteiger partial charge in [0.05, 0.1) is 16.6 Å². The maximum absolute atomic E-state index is 12.9. The number of carbonyl (C=O) groups excluding carboxylic acids is 1. The summed E-state index contributed by atoms with van der Waals surface area (Å²) in [5, 5.41) is 7.21. The molecular weight excluding hydrogens is 361 g/mol. The summed E-state index contributed by atoms with van der Waals surface area (Å²) in [5.41, 5.74) is 1.14. The molecule has 2 aromatic rings. The lowest BCUT2D eigenvalue weighted by Gasteiger charge is -2.22. The quantitative estimate of drug-likeness (QED) is 0.803. The Morgan fingerprint density at radius 1 is 1.31 bits per heavy atom. The van der Waals surface area contributed by atoms with Crippen LogP contribution in [-0.4, -0.2) is 36.8 Å². The summed E-state index contributed by atoms with van der Waals surface area (Å²) in [6, 6.07) is 6.50. The van der Waals surface area contributed by atoms with Crippen molar-refractivity contribution in [2.75, 3.05) is 6.61 Å². The van der Waals surface area contributed by atoms with Crippen molar-refractivity contribution in [2.45, 2.75) is 43.4 Å². The number of carbonyl (C=O) groups is 1. The number of hydrogen-bond acceptors (Lipinski definition) is 5. The van der Waals surface area contributed by atoms with Gasteiger partial charge in [-0.1, -0.05) is 0 Å². The molecule has 1 aromatic carbocycles. The molecule has 1 N–H and O–H groups in total. The molecule has 0 unspecified atom stereocenters. The Labute approximate surface area is 151 Å². The predicted molar refractivity (Wildman–Crippen MR) is 91.9 cm³/mol. The minimum absolute atomic E-state index is 0.163. The Morgan fingerprint density at radius 3 is 2.62 bits per heavy atom. The van der Waals surface area contributed by atoms with Gasteiger partial charge in [0.2, 0.25) is 0 Å². The Hall–Kier alpha value is -2.26. The smallest absolute Gasteiger partial charge is 0.332 e. The van der Waals surface area contributed by atoms with Crippen molar-refractivity contribution in [3.8, 4) is 0 Å². The molecule has 1 saturated heterocycles. The summed E-state index contributed by atoms with van der Waals surface area (Å²) >= 11 is 0. The van der Waals surface area contributed by atoms with Gasteiger partial charge in [-0.3, -0.25) is 9.48 Å².